The van der Waals surface area contributed by atoms with E-state index < -0.39 is 0 Å². The zero-order valence-electron chi connectivity index (χ0n) is 10.5. The van der Waals surface area contributed by atoms with Crippen LogP contribution in [0, 0.1) is 0 Å². The first kappa shape index (κ1) is 14.2. The number of carbonyl (C=O) groups excluding carboxylic acids is 1. The normalized spacial score (nSPS) is 12.1. The summed E-state index contributed by atoms with van der Waals surface area (Å²) in [5.74, 6) is -0.0312. The van der Waals surface area contributed by atoms with Crippen LogP contribution >= 0.6 is 27.3 Å². The van der Waals surface area contributed by atoms with Crippen LogP contribution in [0.1, 0.15) is 30.4 Å². The third-order valence-electron chi connectivity index (χ3n) is 2.77. The minimum absolute atomic E-state index is 0.143. The summed E-state index contributed by atoms with van der Waals surface area (Å²) in [7, 11) is 0. The molecule has 0 saturated carbocycles. The van der Waals surface area contributed by atoms with E-state index >= 15 is 0 Å². The van der Waals surface area contributed by atoms with Gasteiger partial charge in [0.1, 0.15) is 6.61 Å². The minimum atomic E-state index is -0.174. The van der Waals surface area contributed by atoms with E-state index in [0.29, 0.717) is 13.0 Å². The molecule has 0 aliphatic rings. The predicted molar refractivity (Wildman–Crippen MR) is 79.1 cm³/mol. The maximum Gasteiger partial charge on any atom is 0.306 e. The molecule has 2 heterocycles. The molecule has 0 aromatic carbocycles. The number of rotatable bonds is 5. The minimum Gasteiger partial charge on any atom is -0.461 e. The fourth-order valence-electron chi connectivity index (χ4n) is 1.70. The first-order chi connectivity index (χ1) is 9.15. The predicted octanol–water partition coefficient (Wildman–Crippen LogP) is 4.14. The Morgan fingerprint density at radius 1 is 1.47 bits per heavy atom. The van der Waals surface area contributed by atoms with Crippen LogP contribution in [0.3, 0.4) is 0 Å². The maximum atomic E-state index is 11.8. The largest absolute Gasteiger partial charge is 0.461 e. The van der Waals surface area contributed by atoms with Crippen molar-refractivity contribution in [1.29, 1.82) is 0 Å². The molecule has 0 fully saturated rings. The van der Waals surface area contributed by atoms with Crippen molar-refractivity contribution in [2.75, 3.05) is 0 Å². The summed E-state index contributed by atoms with van der Waals surface area (Å²) < 4.78 is 6.31. The number of nitrogens with zero attached hydrogens (tertiary/aromatic N) is 1. The van der Waals surface area contributed by atoms with Crippen LogP contribution in [0.2, 0.25) is 0 Å². The summed E-state index contributed by atoms with van der Waals surface area (Å²) in [5, 5.41) is 1.98. The van der Waals surface area contributed by atoms with Crippen LogP contribution < -0.4 is 0 Å². The van der Waals surface area contributed by atoms with Crippen molar-refractivity contribution in [1.82, 2.24) is 4.98 Å². The van der Waals surface area contributed by atoms with E-state index in [-0.39, 0.29) is 11.9 Å². The van der Waals surface area contributed by atoms with Crippen LogP contribution in [0.5, 0.6) is 0 Å². The highest BCUT2D eigenvalue weighted by Gasteiger charge is 2.12. The number of halogens is 1. The highest BCUT2D eigenvalue weighted by atomic mass is 79.9. The van der Waals surface area contributed by atoms with Crippen LogP contribution in [0.25, 0.3) is 0 Å². The molecule has 1 unspecified atom stereocenters. The Bertz CT molecular complexity index is 541. The smallest absolute Gasteiger partial charge is 0.306 e. The quantitative estimate of drug-likeness (QED) is 0.768. The number of hydrogen-bond donors (Lipinski definition) is 0. The Morgan fingerprint density at radius 2 is 2.21 bits per heavy atom. The third kappa shape index (κ3) is 4.44. The number of esters is 1. The summed E-state index contributed by atoms with van der Waals surface area (Å²) in [6, 6.07) is 5.81. The molecule has 19 heavy (non-hydrogen) atoms. The average Bonchev–Trinajstić information content (AvgIpc) is 2.83. The number of pyridine rings is 1. The lowest BCUT2D eigenvalue weighted by atomic mass is 9.99. The Morgan fingerprint density at radius 3 is 2.84 bits per heavy atom. The van der Waals surface area contributed by atoms with Crippen LogP contribution in [0.4, 0.5) is 0 Å². The van der Waals surface area contributed by atoms with Crippen molar-refractivity contribution in [3.8, 4) is 0 Å². The molecule has 100 valence electrons. The second kappa shape index (κ2) is 6.82. The van der Waals surface area contributed by atoms with Crippen molar-refractivity contribution in [3.05, 3.63) is 50.9 Å². The Labute approximate surface area is 124 Å². The maximum absolute atomic E-state index is 11.8. The fourth-order valence-corrected chi connectivity index (χ4v) is 2.90. The molecule has 2 aromatic heterocycles. The summed E-state index contributed by atoms with van der Waals surface area (Å²) in [4.78, 5) is 15.7. The molecule has 0 amide bonds. The van der Waals surface area contributed by atoms with Gasteiger partial charge in [-0.2, -0.15) is 0 Å². The summed E-state index contributed by atoms with van der Waals surface area (Å²) >= 11 is 4.97. The van der Waals surface area contributed by atoms with Gasteiger partial charge in [-0.3, -0.25) is 9.78 Å². The van der Waals surface area contributed by atoms with E-state index in [1.54, 1.807) is 23.7 Å². The SMILES string of the molecule is CC(CC(=O)OCc1csc(Br)c1)c1ccncc1. The molecule has 0 saturated heterocycles. The Balaban J connectivity index is 1.81. The van der Waals surface area contributed by atoms with Crippen molar-refractivity contribution < 1.29 is 9.53 Å². The van der Waals surface area contributed by atoms with Gasteiger partial charge >= 0.3 is 5.97 Å². The van der Waals surface area contributed by atoms with E-state index in [2.05, 4.69) is 20.9 Å². The van der Waals surface area contributed by atoms with Gasteiger partial charge in [-0.1, -0.05) is 6.92 Å². The molecule has 5 heteroatoms. The molecule has 1 atom stereocenters. The molecular formula is C14H14BrNO2S. The number of aromatic nitrogens is 1. The molecule has 0 aliphatic carbocycles. The van der Waals surface area contributed by atoms with E-state index in [4.69, 9.17) is 4.74 Å². The zero-order valence-corrected chi connectivity index (χ0v) is 12.9. The molecule has 0 N–H and O–H groups in total. The van der Waals surface area contributed by atoms with Gasteiger partial charge in [0.25, 0.3) is 0 Å². The molecular weight excluding hydrogens is 326 g/mol. The first-order valence-corrected chi connectivity index (χ1v) is 7.61. The van der Waals surface area contributed by atoms with Crippen LogP contribution in [0.15, 0.2) is 39.8 Å². The molecule has 2 rings (SSSR count). The lowest BCUT2D eigenvalue weighted by Crippen LogP contribution is -2.08. The van der Waals surface area contributed by atoms with Gasteiger partial charge in [-0.25, -0.2) is 0 Å². The molecule has 3 nitrogen and oxygen atoms in total. The van der Waals surface area contributed by atoms with Gasteiger partial charge in [0, 0.05) is 18.0 Å². The second-order valence-corrected chi connectivity index (χ2v) is 6.60. The van der Waals surface area contributed by atoms with Crippen LogP contribution in [-0.2, 0) is 16.1 Å². The molecule has 2 aromatic rings. The second-order valence-electron chi connectivity index (χ2n) is 4.31. The first-order valence-electron chi connectivity index (χ1n) is 5.93. The summed E-state index contributed by atoms with van der Waals surface area (Å²) in [5.41, 5.74) is 2.12. The highest BCUT2D eigenvalue weighted by Crippen LogP contribution is 2.22. The number of ether oxygens (including phenoxy) is 1. The van der Waals surface area contributed by atoms with Gasteiger partial charge < -0.3 is 4.74 Å². The summed E-state index contributed by atoms with van der Waals surface area (Å²) in [6.07, 6.45) is 3.86. The molecule has 0 radical (unpaired) electrons. The molecule has 0 bridgehead atoms. The van der Waals surface area contributed by atoms with Gasteiger partial charge in [0.2, 0.25) is 0 Å². The highest BCUT2D eigenvalue weighted by molar-refractivity contribution is 9.11. The molecule has 0 spiro atoms. The van der Waals surface area contributed by atoms with E-state index in [1.165, 1.54) is 0 Å². The monoisotopic (exact) mass is 339 g/mol. The molecule has 0 aliphatic heterocycles. The van der Waals surface area contributed by atoms with Gasteiger partial charge in [0.15, 0.2) is 0 Å². The Hall–Kier alpha value is -1.20. The van der Waals surface area contributed by atoms with Crippen molar-refractivity contribution in [2.24, 2.45) is 0 Å². The fraction of sp³-hybridized carbons (Fsp3) is 0.286. The van der Waals surface area contributed by atoms with Gasteiger partial charge in [-0.15, -0.1) is 11.3 Å². The van der Waals surface area contributed by atoms with Crippen molar-refractivity contribution in [3.63, 3.8) is 0 Å². The van der Waals surface area contributed by atoms with Crippen molar-refractivity contribution >= 4 is 33.2 Å². The van der Waals surface area contributed by atoms with Gasteiger partial charge in [-0.05, 0) is 51.0 Å². The van der Waals surface area contributed by atoms with Crippen LogP contribution in [-0.4, -0.2) is 11.0 Å². The van der Waals surface area contributed by atoms with E-state index in [9.17, 15) is 4.79 Å². The lowest BCUT2D eigenvalue weighted by Gasteiger charge is -2.10. The number of thiophene rings is 1. The Kier molecular flexibility index (Phi) is 5.10. The van der Waals surface area contributed by atoms with Crippen molar-refractivity contribution in [2.45, 2.75) is 25.9 Å². The third-order valence-corrected chi connectivity index (χ3v) is 4.32. The summed E-state index contributed by atoms with van der Waals surface area (Å²) in [6.45, 7) is 2.35. The lowest BCUT2D eigenvalue weighted by molar-refractivity contribution is -0.145. The topological polar surface area (TPSA) is 39.2 Å². The average molecular weight is 340 g/mol. The van der Waals surface area contributed by atoms with E-state index in [1.807, 2.05) is 30.5 Å². The standard InChI is InChI=1S/C14H14BrNO2S/c1-10(12-2-4-16-5-3-12)6-14(17)18-8-11-7-13(15)19-9-11/h2-5,7,9-10H,6,8H2,1H3. The number of hydrogen-bond acceptors (Lipinski definition) is 4. The zero-order chi connectivity index (χ0) is 13.7. The van der Waals surface area contributed by atoms with Gasteiger partial charge in [0.05, 0.1) is 10.2 Å². The number of carbonyl (C=O) groups is 1. The van der Waals surface area contributed by atoms with E-state index in [0.717, 1.165) is 14.9 Å².